The molecule has 0 aliphatic rings. The van der Waals surface area contributed by atoms with Gasteiger partial charge in [0.2, 0.25) is 0 Å². The SMILES string of the molecule is COc1cc(Cc2nc3ccccc3c(=O)[nH]2)ccc1[N+](=O)[O-]. The second-order valence-electron chi connectivity index (χ2n) is 4.97. The van der Waals surface area contributed by atoms with Gasteiger partial charge in [-0.3, -0.25) is 14.9 Å². The Balaban J connectivity index is 1.99. The van der Waals surface area contributed by atoms with Gasteiger partial charge < -0.3 is 9.72 Å². The van der Waals surface area contributed by atoms with E-state index in [0.29, 0.717) is 23.1 Å². The van der Waals surface area contributed by atoms with Gasteiger partial charge in [-0.2, -0.15) is 0 Å². The van der Waals surface area contributed by atoms with Crippen molar-refractivity contribution in [1.82, 2.24) is 9.97 Å². The van der Waals surface area contributed by atoms with Gasteiger partial charge in [0.15, 0.2) is 5.75 Å². The third-order valence-electron chi connectivity index (χ3n) is 3.47. The molecule has 0 aliphatic heterocycles. The van der Waals surface area contributed by atoms with Crippen LogP contribution in [0.15, 0.2) is 47.3 Å². The Morgan fingerprint density at radius 3 is 2.78 bits per heavy atom. The Bertz CT molecular complexity index is 949. The fourth-order valence-corrected chi connectivity index (χ4v) is 2.39. The highest BCUT2D eigenvalue weighted by Crippen LogP contribution is 2.28. The molecule has 2 aromatic carbocycles. The van der Waals surface area contributed by atoms with Crippen molar-refractivity contribution in [1.29, 1.82) is 0 Å². The van der Waals surface area contributed by atoms with Crippen molar-refractivity contribution < 1.29 is 9.66 Å². The Morgan fingerprint density at radius 2 is 2.04 bits per heavy atom. The van der Waals surface area contributed by atoms with Gasteiger partial charge in [0.05, 0.1) is 22.9 Å². The highest BCUT2D eigenvalue weighted by atomic mass is 16.6. The first-order valence-electron chi connectivity index (χ1n) is 6.87. The monoisotopic (exact) mass is 311 g/mol. The smallest absolute Gasteiger partial charge is 0.310 e. The number of aromatic amines is 1. The molecule has 0 saturated carbocycles. The van der Waals surface area contributed by atoms with E-state index in [0.717, 1.165) is 5.56 Å². The lowest BCUT2D eigenvalue weighted by molar-refractivity contribution is -0.385. The lowest BCUT2D eigenvalue weighted by Gasteiger charge is -2.06. The zero-order chi connectivity index (χ0) is 16.4. The number of ether oxygens (including phenoxy) is 1. The number of fused-ring (bicyclic) bond motifs is 1. The molecular formula is C16H13N3O4. The molecule has 0 aliphatic carbocycles. The van der Waals surface area contributed by atoms with Gasteiger partial charge in [-0.05, 0) is 23.8 Å². The molecule has 0 radical (unpaired) electrons. The van der Waals surface area contributed by atoms with Crippen LogP contribution in [0.2, 0.25) is 0 Å². The van der Waals surface area contributed by atoms with E-state index in [2.05, 4.69) is 9.97 Å². The van der Waals surface area contributed by atoms with Crippen LogP contribution in [0, 0.1) is 10.1 Å². The van der Waals surface area contributed by atoms with Gasteiger partial charge in [0.1, 0.15) is 5.82 Å². The predicted octanol–water partition coefficient (Wildman–Crippen LogP) is 2.43. The maximum Gasteiger partial charge on any atom is 0.310 e. The number of nitro groups is 1. The lowest BCUT2D eigenvalue weighted by Crippen LogP contribution is -2.12. The average molecular weight is 311 g/mol. The highest BCUT2D eigenvalue weighted by Gasteiger charge is 2.15. The summed E-state index contributed by atoms with van der Waals surface area (Å²) in [6, 6.07) is 11.6. The van der Waals surface area contributed by atoms with E-state index in [1.807, 2.05) is 6.07 Å². The fraction of sp³-hybridized carbons (Fsp3) is 0.125. The van der Waals surface area contributed by atoms with Crippen LogP contribution in [-0.2, 0) is 6.42 Å². The number of benzene rings is 2. The topological polar surface area (TPSA) is 98.1 Å². The summed E-state index contributed by atoms with van der Waals surface area (Å²) in [5.74, 6) is 0.667. The Kier molecular flexibility index (Phi) is 3.76. The van der Waals surface area contributed by atoms with Crippen molar-refractivity contribution in [3.63, 3.8) is 0 Å². The van der Waals surface area contributed by atoms with Crippen molar-refractivity contribution in [3.05, 3.63) is 74.3 Å². The number of methoxy groups -OCH3 is 1. The van der Waals surface area contributed by atoms with E-state index in [4.69, 9.17) is 4.74 Å². The van der Waals surface area contributed by atoms with Crippen molar-refractivity contribution in [2.45, 2.75) is 6.42 Å². The highest BCUT2D eigenvalue weighted by molar-refractivity contribution is 5.77. The molecule has 23 heavy (non-hydrogen) atoms. The minimum atomic E-state index is -0.501. The van der Waals surface area contributed by atoms with Crippen molar-refractivity contribution in [3.8, 4) is 5.75 Å². The number of aromatic nitrogens is 2. The Morgan fingerprint density at radius 1 is 1.26 bits per heavy atom. The van der Waals surface area contributed by atoms with Crippen molar-refractivity contribution >= 4 is 16.6 Å². The maximum atomic E-state index is 12.0. The van der Waals surface area contributed by atoms with Gasteiger partial charge in [-0.15, -0.1) is 0 Å². The second kappa shape index (κ2) is 5.88. The van der Waals surface area contributed by atoms with Crippen LogP contribution in [0.1, 0.15) is 11.4 Å². The number of hydrogen-bond donors (Lipinski definition) is 1. The van der Waals surface area contributed by atoms with Crippen LogP contribution in [-0.4, -0.2) is 22.0 Å². The Hall–Kier alpha value is -3.22. The fourth-order valence-electron chi connectivity index (χ4n) is 2.39. The minimum Gasteiger partial charge on any atom is -0.490 e. The van der Waals surface area contributed by atoms with Crippen LogP contribution in [0.3, 0.4) is 0 Å². The molecule has 0 bridgehead atoms. The minimum absolute atomic E-state index is 0.101. The van der Waals surface area contributed by atoms with E-state index in [1.54, 1.807) is 30.3 Å². The molecule has 3 rings (SSSR count). The third kappa shape index (κ3) is 2.89. The number of rotatable bonds is 4. The molecule has 0 saturated heterocycles. The van der Waals surface area contributed by atoms with Gasteiger partial charge in [-0.1, -0.05) is 18.2 Å². The van der Waals surface area contributed by atoms with E-state index in [-0.39, 0.29) is 17.0 Å². The van der Waals surface area contributed by atoms with Crippen LogP contribution in [0.5, 0.6) is 5.75 Å². The summed E-state index contributed by atoms with van der Waals surface area (Å²) < 4.78 is 5.04. The molecule has 0 amide bonds. The lowest BCUT2D eigenvalue weighted by atomic mass is 10.1. The van der Waals surface area contributed by atoms with Crippen LogP contribution < -0.4 is 10.3 Å². The van der Waals surface area contributed by atoms with Gasteiger partial charge in [-0.25, -0.2) is 4.98 Å². The molecule has 1 heterocycles. The summed E-state index contributed by atoms with van der Waals surface area (Å²) in [6.45, 7) is 0. The Labute approximate surface area is 130 Å². The molecular weight excluding hydrogens is 298 g/mol. The number of para-hydroxylation sites is 1. The summed E-state index contributed by atoms with van der Waals surface area (Å²) in [4.78, 5) is 29.6. The van der Waals surface area contributed by atoms with Crippen LogP contribution in [0.4, 0.5) is 5.69 Å². The summed E-state index contributed by atoms with van der Waals surface area (Å²) in [5, 5.41) is 11.4. The van der Waals surface area contributed by atoms with E-state index < -0.39 is 4.92 Å². The largest absolute Gasteiger partial charge is 0.490 e. The standard InChI is InChI=1S/C16H13N3O4/c1-23-14-8-10(6-7-13(14)19(21)22)9-15-17-12-5-3-2-4-11(12)16(20)18-15/h2-8H,9H2,1H3,(H,17,18,20). The first-order chi connectivity index (χ1) is 11.1. The summed E-state index contributed by atoms with van der Waals surface area (Å²) >= 11 is 0. The zero-order valence-corrected chi connectivity index (χ0v) is 12.3. The molecule has 116 valence electrons. The predicted molar refractivity (Wildman–Crippen MR) is 84.8 cm³/mol. The third-order valence-corrected chi connectivity index (χ3v) is 3.47. The van der Waals surface area contributed by atoms with E-state index in [9.17, 15) is 14.9 Å². The first-order valence-corrected chi connectivity index (χ1v) is 6.87. The molecule has 0 atom stereocenters. The molecule has 3 aromatic rings. The van der Waals surface area contributed by atoms with Crippen molar-refractivity contribution in [2.24, 2.45) is 0 Å². The van der Waals surface area contributed by atoms with Gasteiger partial charge >= 0.3 is 5.69 Å². The molecule has 0 fully saturated rings. The number of H-pyrrole nitrogens is 1. The van der Waals surface area contributed by atoms with E-state index in [1.165, 1.54) is 13.2 Å². The van der Waals surface area contributed by atoms with Crippen molar-refractivity contribution in [2.75, 3.05) is 7.11 Å². The molecule has 0 unspecified atom stereocenters. The molecule has 1 aromatic heterocycles. The van der Waals surface area contributed by atoms with Crippen LogP contribution >= 0.6 is 0 Å². The van der Waals surface area contributed by atoms with Gasteiger partial charge in [0, 0.05) is 12.5 Å². The first kappa shape index (κ1) is 14.7. The van der Waals surface area contributed by atoms with Crippen LogP contribution in [0.25, 0.3) is 10.9 Å². The quantitative estimate of drug-likeness (QED) is 0.589. The normalized spacial score (nSPS) is 10.7. The number of hydrogen-bond acceptors (Lipinski definition) is 5. The molecule has 0 spiro atoms. The molecule has 7 heteroatoms. The van der Waals surface area contributed by atoms with Gasteiger partial charge in [0.25, 0.3) is 5.56 Å². The zero-order valence-electron chi connectivity index (χ0n) is 12.3. The average Bonchev–Trinajstić information content (AvgIpc) is 2.54. The summed E-state index contributed by atoms with van der Waals surface area (Å²) in [6.07, 6.45) is 0.342. The second-order valence-corrected chi connectivity index (χ2v) is 4.97. The number of nitrogens with one attached hydrogen (secondary N) is 1. The summed E-state index contributed by atoms with van der Waals surface area (Å²) in [7, 11) is 1.38. The van der Waals surface area contributed by atoms with E-state index >= 15 is 0 Å². The summed E-state index contributed by atoms with van der Waals surface area (Å²) in [5.41, 5.74) is 1.06. The molecule has 7 nitrogen and oxygen atoms in total. The molecule has 1 N–H and O–H groups in total. The number of nitrogens with zero attached hydrogens (tertiary/aromatic N) is 2. The maximum absolute atomic E-state index is 12.0. The number of nitro benzene ring substituents is 1.